The van der Waals surface area contributed by atoms with Crippen LogP contribution in [0.25, 0.3) is 11.0 Å². The number of nitrogens with zero attached hydrogens (tertiary/aromatic N) is 3. The van der Waals surface area contributed by atoms with Crippen molar-refractivity contribution in [3.8, 4) is 0 Å². The van der Waals surface area contributed by atoms with Crippen LogP contribution in [0.2, 0.25) is 0 Å². The highest BCUT2D eigenvalue weighted by Gasteiger charge is 2.14. The largest absolute Gasteiger partial charge is 0.321 e. The molecule has 0 unspecified atom stereocenters. The number of rotatable bonds is 5. The summed E-state index contributed by atoms with van der Waals surface area (Å²) in [4.78, 5) is 16.8. The number of fused-ring (bicyclic) bond motifs is 1. The average Bonchev–Trinajstić information content (AvgIpc) is 3.05. The van der Waals surface area contributed by atoms with Gasteiger partial charge in [-0.3, -0.25) is 4.79 Å². The van der Waals surface area contributed by atoms with Gasteiger partial charge in [-0.05, 0) is 51.2 Å². The molecule has 0 spiro atoms. The summed E-state index contributed by atoms with van der Waals surface area (Å²) >= 11 is 0. The lowest BCUT2D eigenvalue weighted by Gasteiger charge is -2.08. The van der Waals surface area contributed by atoms with Gasteiger partial charge in [-0.15, -0.1) is 0 Å². The molecule has 3 aromatic rings. The summed E-state index contributed by atoms with van der Waals surface area (Å²) in [6.07, 6.45) is 3.27. The van der Waals surface area contributed by atoms with Crippen molar-refractivity contribution in [3.05, 3.63) is 48.3 Å². The third kappa shape index (κ3) is 3.44. The number of anilines is 1. The molecule has 136 valence electrons. The Morgan fingerprint density at radius 1 is 1.15 bits per heavy atom. The van der Waals surface area contributed by atoms with Crippen LogP contribution in [0.3, 0.4) is 0 Å². The Bertz CT molecular complexity index is 1060. The molecule has 0 aliphatic carbocycles. The number of hydrogen-bond donors (Lipinski definition) is 2. The number of aromatic nitrogens is 3. The van der Waals surface area contributed by atoms with E-state index in [0.717, 1.165) is 11.0 Å². The first kappa shape index (κ1) is 18.0. The van der Waals surface area contributed by atoms with Crippen LogP contribution in [-0.4, -0.2) is 36.1 Å². The molecule has 26 heavy (non-hydrogen) atoms. The van der Waals surface area contributed by atoms with E-state index in [9.17, 15) is 13.2 Å². The van der Waals surface area contributed by atoms with Gasteiger partial charge in [0.05, 0.1) is 23.0 Å². The van der Waals surface area contributed by atoms with Crippen molar-refractivity contribution in [1.82, 2.24) is 19.5 Å². The molecule has 2 aromatic heterocycles. The van der Waals surface area contributed by atoms with E-state index in [4.69, 9.17) is 0 Å². The van der Waals surface area contributed by atoms with Crippen LogP contribution in [0.1, 0.15) is 30.2 Å². The second kappa shape index (κ2) is 6.85. The standard InChI is InChI=1S/C17H19N5O3S/c1-11(2)22-16-13(9-20-22)8-14(10-19-16)21-17(23)12-4-6-15(7-5-12)26(24,25)18-3/h4-11,18H,1-3H3,(H,21,23). The zero-order valence-corrected chi connectivity index (χ0v) is 15.4. The van der Waals surface area contributed by atoms with Crippen LogP contribution in [0, 0.1) is 0 Å². The number of amides is 1. The molecule has 9 heteroatoms. The molecular weight excluding hydrogens is 354 g/mol. The third-order valence-electron chi connectivity index (χ3n) is 3.88. The van der Waals surface area contributed by atoms with Gasteiger partial charge in [-0.1, -0.05) is 0 Å². The minimum absolute atomic E-state index is 0.0979. The Balaban J connectivity index is 1.80. The summed E-state index contributed by atoms with van der Waals surface area (Å²) in [7, 11) is -2.20. The van der Waals surface area contributed by atoms with Gasteiger partial charge in [0.25, 0.3) is 5.91 Å². The molecular formula is C17H19N5O3S. The van der Waals surface area contributed by atoms with Gasteiger partial charge >= 0.3 is 0 Å². The normalized spacial score (nSPS) is 11.8. The van der Waals surface area contributed by atoms with E-state index in [1.54, 1.807) is 18.5 Å². The van der Waals surface area contributed by atoms with Crippen molar-refractivity contribution in [2.75, 3.05) is 12.4 Å². The molecule has 2 heterocycles. The average molecular weight is 373 g/mol. The number of benzene rings is 1. The fourth-order valence-corrected chi connectivity index (χ4v) is 3.22. The summed E-state index contributed by atoms with van der Waals surface area (Å²) in [5.74, 6) is -0.351. The lowest BCUT2D eigenvalue weighted by atomic mass is 10.2. The predicted molar refractivity (Wildman–Crippen MR) is 98.6 cm³/mol. The molecule has 1 aromatic carbocycles. The molecule has 1 amide bonds. The van der Waals surface area contributed by atoms with Gasteiger partial charge in [-0.2, -0.15) is 5.10 Å². The minimum atomic E-state index is -3.53. The topological polar surface area (TPSA) is 106 Å². The lowest BCUT2D eigenvalue weighted by Crippen LogP contribution is -2.19. The van der Waals surface area contributed by atoms with Crippen LogP contribution >= 0.6 is 0 Å². The van der Waals surface area contributed by atoms with Crippen molar-refractivity contribution >= 4 is 32.7 Å². The molecule has 0 atom stereocenters. The van der Waals surface area contributed by atoms with Crippen molar-refractivity contribution in [2.24, 2.45) is 0 Å². The molecule has 0 aliphatic heterocycles. The van der Waals surface area contributed by atoms with Gasteiger partial charge in [0.1, 0.15) is 0 Å². The molecule has 8 nitrogen and oxygen atoms in total. The fourth-order valence-electron chi connectivity index (χ4n) is 2.49. The lowest BCUT2D eigenvalue weighted by molar-refractivity contribution is 0.102. The maximum absolute atomic E-state index is 12.4. The van der Waals surface area contributed by atoms with E-state index in [2.05, 4.69) is 20.1 Å². The van der Waals surface area contributed by atoms with Crippen LogP contribution in [0.15, 0.2) is 47.6 Å². The summed E-state index contributed by atoms with van der Waals surface area (Å²) in [6, 6.07) is 7.67. The number of hydrogen-bond acceptors (Lipinski definition) is 5. The minimum Gasteiger partial charge on any atom is -0.321 e. The van der Waals surface area contributed by atoms with Gasteiger partial charge in [0.2, 0.25) is 10.0 Å². The first-order chi connectivity index (χ1) is 12.3. The van der Waals surface area contributed by atoms with Gasteiger partial charge in [0, 0.05) is 17.0 Å². The number of carbonyl (C=O) groups excluding carboxylic acids is 1. The zero-order valence-electron chi connectivity index (χ0n) is 14.6. The molecule has 0 saturated heterocycles. The molecule has 3 rings (SSSR count). The van der Waals surface area contributed by atoms with Crippen LogP contribution < -0.4 is 10.0 Å². The van der Waals surface area contributed by atoms with Crippen molar-refractivity contribution in [2.45, 2.75) is 24.8 Å². The van der Waals surface area contributed by atoms with Crippen molar-refractivity contribution < 1.29 is 13.2 Å². The van der Waals surface area contributed by atoms with Gasteiger partial charge in [0.15, 0.2) is 5.65 Å². The van der Waals surface area contributed by atoms with E-state index in [-0.39, 0.29) is 16.8 Å². The maximum Gasteiger partial charge on any atom is 0.255 e. The zero-order chi connectivity index (χ0) is 18.9. The first-order valence-electron chi connectivity index (χ1n) is 8.00. The van der Waals surface area contributed by atoms with Gasteiger partial charge < -0.3 is 5.32 Å². The predicted octanol–water partition coefficient (Wildman–Crippen LogP) is 2.17. The molecule has 0 radical (unpaired) electrons. The Morgan fingerprint density at radius 3 is 2.46 bits per heavy atom. The summed E-state index contributed by atoms with van der Waals surface area (Å²) in [6.45, 7) is 4.03. The molecule has 0 bridgehead atoms. The van der Waals surface area contributed by atoms with Gasteiger partial charge in [-0.25, -0.2) is 22.8 Å². The van der Waals surface area contributed by atoms with Crippen LogP contribution in [-0.2, 0) is 10.0 Å². The van der Waals surface area contributed by atoms with E-state index in [0.29, 0.717) is 11.3 Å². The van der Waals surface area contributed by atoms with E-state index >= 15 is 0 Å². The SMILES string of the molecule is CNS(=O)(=O)c1ccc(C(=O)Nc2cnc3c(cnn3C(C)C)c2)cc1. The fraction of sp³-hybridized carbons (Fsp3) is 0.235. The molecule has 0 aliphatic rings. The molecule has 0 fully saturated rings. The molecule has 2 N–H and O–H groups in total. The third-order valence-corrected chi connectivity index (χ3v) is 5.31. The number of pyridine rings is 1. The highest BCUT2D eigenvalue weighted by molar-refractivity contribution is 7.89. The number of carbonyl (C=O) groups is 1. The Hall–Kier alpha value is -2.78. The maximum atomic E-state index is 12.4. The first-order valence-corrected chi connectivity index (χ1v) is 9.48. The number of sulfonamides is 1. The van der Waals surface area contributed by atoms with E-state index < -0.39 is 10.0 Å². The molecule has 0 saturated carbocycles. The summed E-state index contributed by atoms with van der Waals surface area (Å²) < 4.78 is 27.5. The highest BCUT2D eigenvalue weighted by atomic mass is 32.2. The Labute approximate surface area is 151 Å². The van der Waals surface area contributed by atoms with Crippen LogP contribution in [0.5, 0.6) is 0 Å². The smallest absolute Gasteiger partial charge is 0.255 e. The number of nitrogens with one attached hydrogen (secondary N) is 2. The van der Waals surface area contributed by atoms with Crippen LogP contribution in [0.4, 0.5) is 5.69 Å². The van der Waals surface area contributed by atoms with E-state index in [1.807, 2.05) is 18.5 Å². The highest BCUT2D eigenvalue weighted by Crippen LogP contribution is 2.20. The summed E-state index contributed by atoms with van der Waals surface area (Å²) in [5.41, 5.74) is 1.63. The second-order valence-electron chi connectivity index (χ2n) is 6.01. The second-order valence-corrected chi connectivity index (χ2v) is 7.89. The van der Waals surface area contributed by atoms with Crippen molar-refractivity contribution in [3.63, 3.8) is 0 Å². The van der Waals surface area contributed by atoms with Crippen molar-refractivity contribution in [1.29, 1.82) is 0 Å². The monoisotopic (exact) mass is 373 g/mol. The quantitative estimate of drug-likeness (QED) is 0.713. The Kier molecular flexibility index (Phi) is 4.75. The van der Waals surface area contributed by atoms with E-state index in [1.165, 1.54) is 31.3 Å². The Morgan fingerprint density at radius 2 is 1.85 bits per heavy atom. The summed E-state index contributed by atoms with van der Waals surface area (Å²) in [5, 5.41) is 7.88.